The molecule has 0 saturated heterocycles. The summed E-state index contributed by atoms with van der Waals surface area (Å²) in [6.07, 6.45) is 0. The summed E-state index contributed by atoms with van der Waals surface area (Å²) >= 11 is 0. The first kappa shape index (κ1) is 13.5. The van der Waals surface area contributed by atoms with Crippen molar-refractivity contribution in [1.29, 1.82) is 0 Å². The summed E-state index contributed by atoms with van der Waals surface area (Å²) in [5.74, 6) is 0.331. The molecule has 0 aliphatic carbocycles. The van der Waals surface area contributed by atoms with Crippen LogP contribution in [0.4, 0.5) is 0 Å². The zero-order valence-electron chi connectivity index (χ0n) is 11.0. The van der Waals surface area contributed by atoms with E-state index in [0.29, 0.717) is 0 Å². The number of hydrogen-bond acceptors (Lipinski definition) is 4. The third-order valence-electron chi connectivity index (χ3n) is 2.91. The molecule has 1 unspecified atom stereocenters. The van der Waals surface area contributed by atoms with Gasteiger partial charge in [0, 0.05) is 0 Å². The summed E-state index contributed by atoms with van der Waals surface area (Å²) in [4.78, 5) is 11.7. The number of hydrogen-bond donors (Lipinski definition) is 1. The molecule has 0 radical (unpaired) electrons. The largest absolute Gasteiger partial charge is 0.496 e. The molecule has 0 saturated carbocycles. The molecular formula is C13H19NO3. The molecule has 0 fully saturated rings. The van der Waals surface area contributed by atoms with E-state index in [1.165, 1.54) is 7.11 Å². The van der Waals surface area contributed by atoms with Crippen LogP contribution in [0.3, 0.4) is 0 Å². The Balaban J connectivity index is 3.32. The predicted molar refractivity (Wildman–Crippen MR) is 66.0 cm³/mol. The van der Waals surface area contributed by atoms with Crippen molar-refractivity contribution in [3.8, 4) is 5.75 Å². The van der Waals surface area contributed by atoms with Gasteiger partial charge in [-0.2, -0.15) is 0 Å². The van der Waals surface area contributed by atoms with E-state index in [0.717, 1.165) is 22.4 Å². The minimum absolute atomic E-state index is 0.454. The molecule has 1 aromatic rings. The van der Waals surface area contributed by atoms with Crippen LogP contribution in [-0.2, 0) is 15.1 Å². The standard InChI is InChI=1S/C13H19NO3/c1-8-7-11(16-4)9(2)6-10(8)13(3,14)12(15)17-5/h6-7H,14H2,1-5H3. The van der Waals surface area contributed by atoms with E-state index in [-0.39, 0.29) is 0 Å². The first-order valence-electron chi connectivity index (χ1n) is 5.37. The molecule has 1 rings (SSSR count). The average molecular weight is 237 g/mol. The third kappa shape index (κ3) is 2.42. The Hall–Kier alpha value is -1.55. The summed E-state index contributed by atoms with van der Waals surface area (Å²) in [7, 11) is 2.95. The topological polar surface area (TPSA) is 61.5 Å². The third-order valence-corrected chi connectivity index (χ3v) is 2.91. The Morgan fingerprint density at radius 3 is 2.29 bits per heavy atom. The molecule has 0 spiro atoms. The molecule has 0 aromatic heterocycles. The van der Waals surface area contributed by atoms with Gasteiger partial charge in [0.25, 0.3) is 0 Å². The number of nitrogens with two attached hydrogens (primary N) is 1. The van der Waals surface area contributed by atoms with E-state index in [9.17, 15) is 4.79 Å². The smallest absolute Gasteiger partial charge is 0.330 e. The number of ether oxygens (including phenoxy) is 2. The van der Waals surface area contributed by atoms with Gasteiger partial charge in [-0.15, -0.1) is 0 Å². The van der Waals surface area contributed by atoms with E-state index < -0.39 is 11.5 Å². The zero-order chi connectivity index (χ0) is 13.2. The molecule has 4 nitrogen and oxygen atoms in total. The van der Waals surface area contributed by atoms with Gasteiger partial charge in [-0.05, 0) is 49.6 Å². The van der Waals surface area contributed by atoms with Gasteiger partial charge in [-0.25, -0.2) is 4.79 Å². The molecule has 4 heteroatoms. The van der Waals surface area contributed by atoms with E-state index in [2.05, 4.69) is 0 Å². The minimum Gasteiger partial charge on any atom is -0.496 e. The van der Waals surface area contributed by atoms with E-state index >= 15 is 0 Å². The Morgan fingerprint density at radius 1 is 1.24 bits per heavy atom. The fraction of sp³-hybridized carbons (Fsp3) is 0.462. The van der Waals surface area contributed by atoms with Crippen LogP contribution in [-0.4, -0.2) is 20.2 Å². The highest BCUT2D eigenvalue weighted by molar-refractivity contribution is 5.82. The van der Waals surface area contributed by atoms with Gasteiger partial charge >= 0.3 is 5.97 Å². The lowest BCUT2D eigenvalue weighted by atomic mass is 9.88. The number of carbonyl (C=O) groups is 1. The summed E-state index contributed by atoms with van der Waals surface area (Å²) in [6, 6.07) is 3.74. The number of rotatable bonds is 3. The molecule has 0 bridgehead atoms. The summed E-state index contributed by atoms with van der Waals surface area (Å²) in [5.41, 5.74) is 7.49. The van der Waals surface area contributed by atoms with Crippen LogP contribution in [0.2, 0.25) is 0 Å². The number of benzene rings is 1. The van der Waals surface area contributed by atoms with Crippen LogP contribution in [0.15, 0.2) is 12.1 Å². The quantitative estimate of drug-likeness (QED) is 0.812. The Kier molecular flexibility index (Phi) is 3.78. The highest BCUT2D eigenvalue weighted by atomic mass is 16.5. The lowest BCUT2D eigenvalue weighted by Gasteiger charge is -2.25. The van der Waals surface area contributed by atoms with Crippen LogP contribution in [0.25, 0.3) is 0 Å². The molecule has 1 atom stereocenters. The van der Waals surface area contributed by atoms with Crippen LogP contribution in [0, 0.1) is 13.8 Å². The number of carbonyl (C=O) groups excluding carboxylic acids is 1. The zero-order valence-corrected chi connectivity index (χ0v) is 11.0. The maximum Gasteiger partial charge on any atom is 0.330 e. The average Bonchev–Trinajstić information content (AvgIpc) is 2.30. The fourth-order valence-corrected chi connectivity index (χ4v) is 1.89. The van der Waals surface area contributed by atoms with Crippen molar-refractivity contribution in [2.24, 2.45) is 5.73 Å². The molecule has 0 aliphatic heterocycles. The number of methoxy groups -OCH3 is 2. The molecule has 94 valence electrons. The van der Waals surface area contributed by atoms with Gasteiger partial charge in [-0.1, -0.05) is 0 Å². The summed E-state index contributed by atoms with van der Waals surface area (Å²) in [6.45, 7) is 5.45. The Labute approximate surface area is 102 Å². The predicted octanol–water partition coefficient (Wildman–Crippen LogP) is 1.66. The summed E-state index contributed by atoms with van der Waals surface area (Å²) in [5, 5.41) is 0. The molecule has 0 amide bonds. The number of aryl methyl sites for hydroxylation is 2. The fourth-order valence-electron chi connectivity index (χ4n) is 1.89. The van der Waals surface area contributed by atoms with Gasteiger partial charge in [0.2, 0.25) is 0 Å². The second kappa shape index (κ2) is 4.75. The first-order valence-corrected chi connectivity index (χ1v) is 5.37. The van der Waals surface area contributed by atoms with Crippen molar-refractivity contribution in [2.45, 2.75) is 26.3 Å². The van der Waals surface area contributed by atoms with Crippen LogP contribution in [0.1, 0.15) is 23.6 Å². The van der Waals surface area contributed by atoms with Crippen molar-refractivity contribution in [2.75, 3.05) is 14.2 Å². The van der Waals surface area contributed by atoms with Crippen molar-refractivity contribution >= 4 is 5.97 Å². The first-order chi connectivity index (χ1) is 7.84. The van der Waals surface area contributed by atoms with Crippen molar-refractivity contribution in [1.82, 2.24) is 0 Å². The van der Waals surface area contributed by atoms with E-state index in [4.69, 9.17) is 15.2 Å². The van der Waals surface area contributed by atoms with Gasteiger partial charge in [0.15, 0.2) is 0 Å². The maximum absolute atomic E-state index is 11.7. The van der Waals surface area contributed by atoms with Crippen molar-refractivity contribution in [3.63, 3.8) is 0 Å². The molecule has 0 heterocycles. The SMILES string of the molecule is COC(=O)C(C)(N)c1cc(C)c(OC)cc1C. The van der Waals surface area contributed by atoms with Gasteiger partial charge in [0.1, 0.15) is 11.3 Å². The second-order valence-electron chi connectivity index (χ2n) is 4.33. The van der Waals surface area contributed by atoms with Gasteiger partial charge in [-0.3, -0.25) is 0 Å². The van der Waals surface area contributed by atoms with Gasteiger partial charge < -0.3 is 15.2 Å². The van der Waals surface area contributed by atoms with Crippen LogP contribution >= 0.6 is 0 Å². The minimum atomic E-state index is -1.14. The monoisotopic (exact) mass is 237 g/mol. The van der Waals surface area contributed by atoms with E-state index in [1.54, 1.807) is 14.0 Å². The molecule has 17 heavy (non-hydrogen) atoms. The maximum atomic E-state index is 11.7. The highest BCUT2D eigenvalue weighted by Gasteiger charge is 2.33. The molecule has 1 aromatic carbocycles. The van der Waals surface area contributed by atoms with Crippen molar-refractivity contribution in [3.05, 3.63) is 28.8 Å². The number of esters is 1. The Bertz CT molecular complexity index is 439. The van der Waals surface area contributed by atoms with Crippen molar-refractivity contribution < 1.29 is 14.3 Å². The molecule has 2 N–H and O–H groups in total. The van der Waals surface area contributed by atoms with Crippen LogP contribution in [0.5, 0.6) is 5.75 Å². The van der Waals surface area contributed by atoms with Gasteiger partial charge in [0.05, 0.1) is 14.2 Å². The van der Waals surface area contributed by atoms with E-state index in [1.807, 2.05) is 26.0 Å². The lowest BCUT2D eigenvalue weighted by molar-refractivity contribution is -0.146. The molecule has 0 aliphatic rings. The lowest BCUT2D eigenvalue weighted by Crippen LogP contribution is -2.43. The second-order valence-corrected chi connectivity index (χ2v) is 4.33. The summed E-state index contributed by atoms with van der Waals surface area (Å²) < 4.78 is 9.95. The van der Waals surface area contributed by atoms with Crippen LogP contribution < -0.4 is 10.5 Å². The highest BCUT2D eigenvalue weighted by Crippen LogP contribution is 2.29. The normalized spacial score (nSPS) is 14.0. The Morgan fingerprint density at radius 2 is 1.82 bits per heavy atom. The molecular weight excluding hydrogens is 218 g/mol.